The monoisotopic (exact) mass is 699 g/mol. The van der Waals surface area contributed by atoms with Gasteiger partial charge >= 0.3 is 0 Å². The standard InChI is InChI=1S/C50H29N5/c51-30-32-23-25-48-42(27-32)43-29-36(54-46-21-7-3-16-40(46)41-17-4-8-22-47(41)54)24-26-49(43)55(48)50-34(31-52)12-10-18-37(50)33-11-9-13-35(28-33)53-44-19-5-1-14-38(44)39-15-2-6-20-45(39)53/h1-29H. The third-order valence-electron chi connectivity index (χ3n) is 11.1. The molecule has 3 heterocycles. The first-order valence-corrected chi connectivity index (χ1v) is 18.3. The molecule has 11 aromatic rings. The van der Waals surface area contributed by atoms with Crippen molar-refractivity contribution >= 4 is 65.4 Å². The molecule has 0 aliphatic carbocycles. The van der Waals surface area contributed by atoms with Crippen LogP contribution in [0, 0.1) is 22.7 Å². The largest absolute Gasteiger partial charge is 0.309 e. The summed E-state index contributed by atoms with van der Waals surface area (Å²) in [4.78, 5) is 0. The number of aromatic nitrogens is 3. The number of rotatable bonds is 4. The fourth-order valence-electron chi connectivity index (χ4n) is 8.78. The minimum atomic E-state index is 0.564. The summed E-state index contributed by atoms with van der Waals surface area (Å²) in [7, 11) is 0. The van der Waals surface area contributed by atoms with Crippen LogP contribution in [-0.4, -0.2) is 13.7 Å². The first-order chi connectivity index (χ1) is 27.2. The molecule has 0 spiro atoms. The Hall–Kier alpha value is -7.86. The number of hydrogen-bond acceptors (Lipinski definition) is 2. The SMILES string of the molecule is N#Cc1ccc2c(c1)c1cc(-n3c4ccccc4c4ccccc43)ccc1n2-c1c(C#N)cccc1-c1cccc(-n2c3ccccc3c3ccccc32)c1. The second kappa shape index (κ2) is 11.8. The number of nitriles is 2. The molecule has 11 rings (SSSR count). The van der Waals surface area contributed by atoms with Crippen molar-refractivity contribution in [3.63, 3.8) is 0 Å². The summed E-state index contributed by atoms with van der Waals surface area (Å²) >= 11 is 0. The molecule has 3 aromatic heterocycles. The molecule has 0 saturated heterocycles. The Balaban J connectivity index is 1.18. The van der Waals surface area contributed by atoms with Crippen molar-refractivity contribution in [2.45, 2.75) is 0 Å². The third kappa shape index (κ3) is 4.45. The van der Waals surface area contributed by atoms with Crippen LogP contribution in [0.3, 0.4) is 0 Å². The predicted molar refractivity (Wildman–Crippen MR) is 224 cm³/mol. The molecule has 0 bridgehead atoms. The molecule has 0 N–H and O–H groups in total. The van der Waals surface area contributed by atoms with Gasteiger partial charge in [-0.05, 0) is 84.4 Å². The van der Waals surface area contributed by atoms with Crippen molar-refractivity contribution in [1.29, 1.82) is 10.5 Å². The highest BCUT2D eigenvalue weighted by molar-refractivity contribution is 6.13. The molecule has 5 heteroatoms. The average Bonchev–Trinajstić information content (AvgIpc) is 3.88. The van der Waals surface area contributed by atoms with E-state index in [1.807, 2.05) is 30.3 Å². The predicted octanol–water partition coefficient (Wildman–Crippen LogP) is 12.4. The summed E-state index contributed by atoms with van der Waals surface area (Å²) < 4.78 is 6.85. The molecule has 0 amide bonds. The van der Waals surface area contributed by atoms with Crippen molar-refractivity contribution in [2.24, 2.45) is 0 Å². The molecule has 0 aliphatic heterocycles. The average molecular weight is 700 g/mol. The Bertz CT molecular complexity index is 3360. The van der Waals surface area contributed by atoms with E-state index in [1.54, 1.807) is 0 Å². The number of fused-ring (bicyclic) bond motifs is 9. The van der Waals surface area contributed by atoms with Gasteiger partial charge in [0.15, 0.2) is 0 Å². The Labute approximate surface area is 316 Å². The van der Waals surface area contributed by atoms with Crippen LogP contribution in [0.15, 0.2) is 176 Å². The molecule has 254 valence electrons. The van der Waals surface area contributed by atoms with Gasteiger partial charge in [-0.15, -0.1) is 0 Å². The Kier molecular flexibility index (Phi) is 6.61. The molecule has 0 unspecified atom stereocenters. The van der Waals surface area contributed by atoms with Gasteiger partial charge in [0.1, 0.15) is 6.07 Å². The van der Waals surface area contributed by atoms with Gasteiger partial charge in [-0.25, -0.2) is 0 Å². The molecule has 0 saturated carbocycles. The van der Waals surface area contributed by atoms with Gasteiger partial charge in [-0.1, -0.05) is 97.1 Å². The summed E-state index contributed by atoms with van der Waals surface area (Å²) in [6.45, 7) is 0. The van der Waals surface area contributed by atoms with Gasteiger partial charge in [-0.3, -0.25) is 0 Å². The number of hydrogen-bond donors (Lipinski definition) is 0. The van der Waals surface area contributed by atoms with Crippen LogP contribution in [0.4, 0.5) is 0 Å². The highest BCUT2D eigenvalue weighted by Gasteiger charge is 2.22. The van der Waals surface area contributed by atoms with E-state index in [1.165, 1.54) is 21.5 Å². The lowest BCUT2D eigenvalue weighted by atomic mass is 9.99. The van der Waals surface area contributed by atoms with Crippen LogP contribution < -0.4 is 0 Å². The van der Waals surface area contributed by atoms with Gasteiger partial charge < -0.3 is 13.7 Å². The zero-order chi connectivity index (χ0) is 36.6. The fraction of sp³-hybridized carbons (Fsp3) is 0. The van der Waals surface area contributed by atoms with Gasteiger partial charge in [-0.2, -0.15) is 10.5 Å². The summed E-state index contributed by atoms with van der Waals surface area (Å²) in [6, 6.07) is 65.9. The lowest BCUT2D eigenvalue weighted by Crippen LogP contribution is -2.02. The maximum absolute atomic E-state index is 10.7. The summed E-state index contributed by atoms with van der Waals surface area (Å²) in [5, 5.41) is 27.5. The fourth-order valence-corrected chi connectivity index (χ4v) is 8.78. The zero-order valence-corrected chi connectivity index (χ0v) is 29.5. The third-order valence-corrected chi connectivity index (χ3v) is 11.1. The quantitative estimate of drug-likeness (QED) is 0.184. The van der Waals surface area contributed by atoms with Gasteiger partial charge in [0.05, 0.1) is 56.0 Å². The van der Waals surface area contributed by atoms with Gasteiger partial charge in [0.2, 0.25) is 0 Å². The van der Waals surface area contributed by atoms with E-state index in [4.69, 9.17) is 0 Å². The topological polar surface area (TPSA) is 62.4 Å². The second-order valence-corrected chi connectivity index (χ2v) is 14.0. The minimum absolute atomic E-state index is 0.564. The van der Waals surface area contributed by atoms with E-state index in [-0.39, 0.29) is 0 Å². The summed E-state index contributed by atoms with van der Waals surface area (Å²) in [5.41, 5.74) is 12.4. The van der Waals surface area contributed by atoms with Crippen LogP contribution in [0.5, 0.6) is 0 Å². The first kappa shape index (κ1) is 30.7. The zero-order valence-electron chi connectivity index (χ0n) is 29.5. The van der Waals surface area contributed by atoms with Crippen LogP contribution in [-0.2, 0) is 0 Å². The molecule has 5 nitrogen and oxygen atoms in total. The molecular formula is C50H29N5. The van der Waals surface area contributed by atoms with Crippen LogP contribution >= 0.6 is 0 Å². The van der Waals surface area contributed by atoms with E-state index in [9.17, 15) is 10.5 Å². The molecular weight excluding hydrogens is 671 g/mol. The minimum Gasteiger partial charge on any atom is -0.309 e. The molecule has 0 atom stereocenters. The number of benzene rings is 8. The van der Waals surface area contributed by atoms with E-state index >= 15 is 0 Å². The first-order valence-electron chi connectivity index (χ1n) is 18.3. The Morgan fingerprint density at radius 2 is 0.836 bits per heavy atom. The van der Waals surface area contributed by atoms with Gasteiger partial charge in [0, 0.05) is 49.3 Å². The van der Waals surface area contributed by atoms with Crippen molar-refractivity contribution in [3.8, 4) is 40.3 Å². The summed E-state index contributed by atoms with van der Waals surface area (Å²) in [6.07, 6.45) is 0. The Morgan fingerprint density at radius 3 is 1.40 bits per heavy atom. The normalized spacial score (nSPS) is 11.6. The Morgan fingerprint density at radius 1 is 0.345 bits per heavy atom. The molecule has 0 radical (unpaired) electrons. The maximum Gasteiger partial charge on any atom is 0.101 e. The highest BCUT2D eigenvalue weighted by atomic mass is 15.0. The van der Waals surface area contributed by atoms with Crippen molar-refractivity contribution in [2.75, 3.05) is 0 Å². The van der Waals surface area contributed by atoms with E-state index in [0.717, 1.165) is 72.1 Å². The van der Waals surface area contributed by atoms with Gasteiger partial charge in [0.25, 0.3) is 0 Å². The molecule has 8 aromatic carbocycles. The number of para-hydroxylation sites is 5. The lowest BCUT2D eigenvalue weighted by Gasteiger charge is -2.17. The van der Waals surface area contributed by atoms with Crippen LogP contribution in [0.25, 0.3) is 93.6 Å². The van der Waals surface area contributed by atoms with E-state index in [0.29, 0.717) is 11.1 Å². The summed E-state index contributed by atoms with van der Waals surface area (Å²) in [5.74, 6) is 0. The smallest absolute Gasteiger partial charge is 0.101 e. The molecule has 55 heavy (non-hydrogen) atoms. The lowest BCUT2D eigenvalue weighted by molar-refractivity contribution is 1.15. The van der Waals surface area contributed by atoms with Crippen LogP contribution in [0.1, 0.15) is 11.1 Å². The highest BCUT2D eigenvalue weighted by Crippen LogP contribution is 2.41. The number of nitrogens with zero attached hydrogens (tertiary/aromatic N) is 5. The van der Waals surface area contributed by atoms with E-state index in [2.05, 4.69) is 171 Å². The van der Waals surface area contributed by atoms with E-state index < -0.39 is 0 Å². The van der Waals surface area contributed by atoms with Crippen molar-refractivity contribution in [1.82, 2.24) is 13.7 Å². The van der Waals surface area contributed by atoms with Crippen molar-refractivity contribution in [3.05, 3.63) is 187 Å². The molecule has 0 fully saturated rings. The van der Waals surface area contributed by atoms with Crippen LogP contribution in [0.2, 0.25) is 0 Å². The van der Waals surface area contributed by atoms with Crippen molar-refractivity contribution < 1.29 is 0 Å². The molecule has 0 aliphatic rings. The maximum atomic E-state index is 10.7. The second-order valence-electron chi connectivity index (χ2n) is 14.0.